The summed E-state index contributed by atoms with van der Waals surface area (Å²) in [5.74, 6) is 1.52. The molecule has 3 aromatic rings. The first-order valence-electron chi connectivity index (χ1n) is 8.56. The normalized spacial score (nSPS) is 10.9. The second kappa shape index (κ2) is 10.9. The number of ether oxygens (including phenoxy) is 1. The van der Waals surface area contributed by atoms with Gasteiger partial charge in [-0.15, -0.1) is 24.0 Å². The Bertz CT molecular complexity index is 911. The summed E-state index contributed by atoms with van der Waals surface area (Å²) in [6, 6.07) is 17.5. The number of aliphatic imine (C=N–C) groups is 1. The van der Waals surface area contributed by atoms with Crippen LogP contribution in [0.5, 0.6) is 5.75 Å². The molecule has 28 heavy (non-hydrogen) atoms. The molecule has 0 fully saturated rings. The van der Waals surface area contributed by atoms with Crippen molar-refractivity contribution in [1.82, 2.24) is 20.4 Å². The molecule has 0 aliphatic rings. The molecule has 0 saturated carbocycles. The van der Waals surface area contributed by atoms with Crippen LogP contribution in [0.1, 0.15) is 11.3 Å². The number of nitrogens with zero attached hydrogens (tertiary/aromatic N) is 3. The van der Waals surface area contributed by atoms with Crippen molar-refractivity contribution in [2.45, 2.75) is 13.1 Å². The zero-order chi connectivity index (χ0) is 19.1. The number of halogens is 2. The topological polar surface area (TPSA) is 63.5 Å². The lowest BCUT2D eigenvalue weighted by Gasteiger charge is -2.11. The van der Waals surface area contributed by atoms with Crippen molar-refractivity contribution >= 4 is 41.5 Å². The van der Waals surface area contributed by atoms with Crippen molar-refractivity contribution in [3.63, 3.8) is 0 Å². The molecular weight excluding hydrogens is 489 g/mol. The van der Waals surface area contributed by atoms with Crippen molar-refractivity contribution < 1.29 is 4.74 Å². The van der Waals surface area contributed by atoms with E-state index in [1.165, 1.54) is 0 Å². The van der Waals surface area contributed by atoms with Crippen molar-refractivity contribution in [1.29, 1.82) is 0 Å². The number of hydrogen-bond donors (Lipinski definition) is 2. The van der Waals surface area contributed by atoms with E-state index in [9.17, 15) is 0 Å². The van der Waals surface area contributed by atoms with Crippen LogP contribution in [0, 0.1) is 0 Å². The van der Waals surface area contributed by atoms with Crippen LogP contribution in [0.25, 0.3) is 5.69 Å². The predicted molar refractivity (Wildman–Crippen MR) is 124 cm³/mol. The zero-order valence-corrected chi connectivity index (χ0v) is 18.8. The van der Waals surface area contributed by atoms with Crippen LogP contribution in [0.2, 0.25) is 5.02 Å². The highest BCUT2D eigenvalue weighted by atomic mass is 127. The fourth-order valence-corrected chi connectivity index (χ4v) is 2.78. The third-order valence-corrected chi connectivity index (χ3v) is 4.23. The Balaban J connectivity index is 0.00000280. The Labute approximate surface area is 187 Å². The van der Waals surface area contributed by atoms with E-state index < -0.39 is 0 Å². The Morgan fingerprint density at radius 2 is 1.86 bits per heavy atom. The lowest BCUT2D eigenvalue weighted by Crippen LogP contribution is -2.36. The van der Waals surface area contributed by atoms with Gasteiger partial charge in [-0.3, -0.25) is 4.99 Å². The molecular formula is C20H23ClIN5O. The summed E-state index contributed by atoms with van der Waals surface area (Å²) in [5, 5.41) is 11.8. The molecule has 2 aromatic carbocycles. The van der Waals surface area contributed by atoms with Gasteiger partial charge in [-0.2, -0.15) is 5.10 Å². The van der Waals surface area contributed by atoms with Gasteiger partial charge in [-0.25, -0.2) is 4.68 Å². The highest BCUT2D eigenvalue weighted by molar-refractivity contribution is 14.0. The summed E-state index contributed by atoms with van der Waals surface area (Å²) in [6.07, 6.45) is 1.93. The molecule has 0 atom stereocenters. The van der Waals surface area contributed by atoms with E-state index in [1.54, 1.807) is 14.2 Å². The molecule has 3 rings (SSSR count). The summed E-state index contributed by atoms with van der Waals surface area (Å²) in [6.45, 7) is 1.21. The van der Waals surface area contributed by atoms with E-state index in [2.05, 4.69) is 20.7 Å². The molecule has 6 nitrogen and oxygen atoms in total. The van der Waals surface area contributed by atoms with Crippen LogP contribution >= 0.6 is 35.6 Å². The number of hydrogen-bond acceptors (Lipinski definition) is 3. The maximum Gasteiger partial charge on any atom is 0.191 e. The molecule has 1 aromatic heterocycles. The first-order chi connectivity index (χ1) is 13.2. The van der Waals surface area contributed by atoms with E-state index in [0.29, 0.717) is 19.0 Å². The van der Waals surface area contributed by atoms with Crippen molar-refractivity contribution in [3.8, 4) is 11.4 Å². The maximum atomic E-state index is 6.01. The third-order valence-electron chi connectivity index (χ3n) is 3.99. The number of benzene rings is 2. The molecule has 8 heteroatoms. The van der Waals surface area contributed by atoms with Crippen molar-refractivity contribution in [3.05, 3.63) is 77.1 Å². The summed E-state index contributed by atoms with van der Waals surface area (Å²) < 4.78 is 7.01. The van der Waals surface area contributed by atoms with E-state index in [1.807, 2.05) is 65.5 Å². The monoisotopic (exact) mass is 511 g/mol. The maximum absolute atomic E-state index is 6.01. The SMILES string of the molecule is CN=C(NCc1cccc(Cl)c1)NCc1ccn(-c2ccc(OC)cc2)n1.I. The molecule has 1 heterocycles. The van der Waals surface area contributed by atoms with Gasteiger partial charge in [0.05, 0.1) is 25.0 Å². The lowest BCUT2D eigenvalue weighted by molar-refractivity contribution is 0.414. The molecule has 0 bridgehead atoms. The second-order valence-electron chi connectivity index (χ2n) is 5.86. The van der Waals surface area contributed by atoms with Crippen molar-refractivity contribution in [2.24, 2.45) is 4.99 Å². The van der Waals surface area contributed by atoms with Gasteiger partial charge in [0.1, 0.15) is 5.75 Å². The van der Waals surface area contributed by atoms with Crippen LogP contribution in [-0.2, 0) is 13.1 Å². The Morgan fingerprint density at radius 3 is 2.54 bits per heavy atom. The largest absolute Gasteiger partial charge is 0.497 e. The molecule has 2 N–H and O–H groups in total. The average molecular weight is 512 g/mol. The molecule has 0 unspecified atom stereocenters. The molecule has 0 spiro atoms. The predicted octanol–water partition coefficient (Wildman–Crippen LogP) is 4.02. The summed E-state index contributed by atoms with van der Waals surface area (Å²) in [4.78, 5) is 4.24. The molecule has 0 amide bonds. The number of nitrogens with one attached hydrogen (secondary N) is 2. The van der Waals surface area contributed by atoms with E-state index in [4.69, 9.17) is 16.3 Å². The fraction of sp³-hybridized carbons (Fsp3) is 0.200. The van der Waals surface area contributed by atoms with Gasteiger partial charge in [0.25, 0.3) is 0 Å². The van der Waals surface area contributed by atoms with E-state index in [0.717, 1.165) is 27.7 Å². The Morgan fingerprint density at radius 1 is 1.11 bits per heavy atom. The molecule has 148 valence electrons. The molecule has 0 aliphatic heterocycles. The van der Waals surface area contributed by atoms with Crippen LogP contribution in [0.3, 0.4) is 0 Å². The van der Waals surface area contributed by atoms with Crippen LogP contribution in [0.15, 0.2) is 65.8 Å². The smallest absolute Gasteiger partial charge is 0.191 e. The standard InChI is InChI=1S/C20H22ClN5O.HI/c1-22-20(23-13-15-4-3-5-16(21)12-15)24-14-17-10-11-26(25-17)18-6-8-19(27-2)9-7-18;/h3-12H,13-14H2,1-2H3,(H2,22,23,24);1H. The quantitative estimate of drug-likeness (QED) is 0.298. The van der Waals surface area contributed by atoms with Crippen LogP contribution < -0.4 is 15.4 Å². The number of rotatable bonds is 6. The first kappa shape index (κ1) is 22.0. The Kier molecular flexibility index (Phi) is 8.59. The van der Waals surface area contributed by atoms with Crippen molar-refractivity contribution in [2.75, 3.05) is 14.2 Å². The third kappa shape index (κ3) is 6.13. The highest BCUT2D eigenvalue weighted by Crippen LogP contribution is 2.14. The van der Waals surface area contributed by atoms with Gasteiger partial charge in [0.2, 0.25) is 0 Å². The van der Waals surface area contributed by atoms with Gasteiger partial charge >= 0.3 is 0 Å². The zero-order valence-electron chi connectivity index (χ0n) is 15.7. The van der Waals surface area contributed by atoms with Crippen LogP contribution in [0.4, 0.5) is 0 Å². The number of methoxy groups -OCH3 is 1. The van der Waals surface area contributed by atoms with E-state index >= 15 is 0 Å². The van der Waals surface area contributed by atoms with Gasteiger partial charge in [0, 0.05) is 24.8 Å². The molecule has 0 aliphatic carbocycles. The number of aromatic nitrogens is 2. The van der Waals surface area contributed by atoms with Gasteiger partial charge in [-0.1, -0.05) is 23.7 Å². The minimum atomic E-state index is 0. The summed E-state index contributed by atoms with van der Waals surface area (Å²) in [7, 11) is 3.39. The number of guanidine groups is 1. The Hall–Kier alpha value is -2.26. The molecule has 0 radical (unpaired) electrons. The second-order valence-corrected chi connectivity index (χ2v) is 6.30. The lowest BCUT2D eigenvalue weighted by atomic mass is 10.2. The first-order valence-corrected chi connectivity index (χ1v) is 8.93. The fourth-order valence-electron chi connectivity index (χ4n) is 2.56. The minimum Gasteiger partial charge on any atom is -0.497 e. The average Bonchev–Trinajstić information content (AvgIpc) is 3.17. The minimum absolute atomic E-state index is 0. The van der Waals surface area contributed by atoms with Gasteiger partial charge in [-0.05, 0) is 48.0 Å². The molecule has 0 saturated heterocycles. The highest BCUT2D eigenvalue weighted by Gasteiger charge is 2.04. The van der Waals surface area contributed by atoms with E-state index in [-0.39, 0.29) is 24.0 Å². The summed E-state index contributed by atoms with van der Waals surface area (Å²) >= 11 is 6.01. The van der Waals surface area contributed by atoms with Gasteiger partial charge in [0.15, 0.2) is 5.96 Å². The summed E-state index contributed by atoms with van der Waals surface area (Å²) in [5.41, 5.74) is 2.98. The van der Waals surface area contributed by atoms with Gasteiger partial charge < -0.3 is 15.4 Å². The van der Waals surface area contributed by atoms with Crippen LogP contribution in [-0.4, -0.2) is 29.9 Å².